The van der Waals surface area contributed by atoms with Crippen LogP contribution in [0.25, 0.3) is 0 Å². The fourth-order valence-corrected chi connectivity index (χ4v) is 5.85. The third kappa shape index (κ3) is 3.51. The van der Waals surface area contributed by atoms with E-state index in [1.54, 1.807) is 12.1 Å². The van der Waals surface area contributed by atoms with Crippen LogP contribution in [0.5, 0.6) is 0 Å². The lowest BCUT2D eigenvalue weighted by Gasteiger charge is -2.55. The van der Waals surface area contributed by atoms with Gasteiger partial charge in [0.05, 0.1) is 11.1 Å². The molecule has 1 N–H and O–H groups in total. The first kappa shape index (κ1) is 21.7. The molecule has 0 spiro atoms. The first-order valence-corrected chi connectivity index (χ1v) is 12.1. The Bertz CT molecular complexity index is 1070. The molecule has 34 heavy (non-hydrogen) atoms. The Kier molecular flexibility index (Phi) is 5.18. The van der Waals surface area contributed by atoms with Gasteiger partial charge in [-0.2, -0.15) is 0 Å². The number of halogens is 1. The zero-order valence-electron chi connectivity index (χ0n) is 18.9. The molecule has 9 nitrogen and oxygen atoms in total. The van der Waals surface area contributed by atoms with Crippen molar-refractivity contribution in [3.8, 4) is 0 Å². The van der Waals surface area contributed by atoms with Crippen LogP contribution in [0, 0.1) is 0 Å². The van der Waals surface area contributed by atoms with E-state index in [4.69, 9.17) is 0 Å². The molecule has 0 aliphatic carbocycles. The monoisotopic (exact) mass is 469 g/mol. The molecule has 5 aliphatic rings. The van der Waals surface area contributed by atoms with E-state index in [9.17, 15) is 23.6 Å². The second kappa shape index (κ2) is 8.13. The summed E-state index contributed by atoms with van der Waals surface area (Å²) in [7, 11) is 0. The van der Waals surface area contributed by atoms with Crippen molar-refractivity contribution < 1.29 is 23.6 Å². The molecule has 5 aliphatic heterocycles. The van der Waals surface area contributed by atoms with Crippen molar-refractivity contribution in [2.75, 3.05) is 44.2 Å². The van der Waals surface area contributed by atoms with Gasteiger partial charge in [-0.1, -0.05) is 0 Å². The van der Waals surface area contributed by atoms with E-state index < -0.39 is 29.9 Å². The molecule has 0 saturated carbocycles. The summed E-state index contributed by atoms with van der Waals surface area (Å²) in [6, 6.07) is 5.19. The predicted molar refractivity (Wildman–Crippen MR) is 120 cm³/mol. The molecule has 180 valence electrons. The maximum atomic E-state index is 13.7. The molecule has 0 bridgehead atoms. The van der Waals surface area contributed by atoms with E-state index >= 15 is 0 Å². The quantitative estimate of drug-likeness (QED) is 0.638. The minimum Gasteiger partial charge on any atom is -0.368 e. The smallest absolute Gasteiger partial charge is 0.262 e. The Morgan fingerprint density at radius 1 is 0.853 bits per heavy atom. The minimum atomic E-state index is -0.950. The van der Waals surface area contributed by atoms with E-state index in [1.807, 2.05) is 6.07 Å². The lowest BCUT2D eigenvalue weighted by atomic mass is 9.96. The average molecular weight is 470 g/mol. The SMILES string of the molecule is O=C1CCC(N2C(=O)c3ccc(N4CC(N5CC(N6CCC[C@H](F)C6)C5)C4)cc3C2=O)C(=O)N1. The van der Waals surface area contributed by atoms with Crippen molar-refractivity contribution in [1.82, 2.24) is 20.0 Å². The topological polar surface area (TPSA) is 93.3 Å². The number of carbonyl (C=O) groups is 4. The number of amides is 4. The third-order valence-corrected chi connectivity index (χ3v) is 7.97. The molecule has 6 rings (SSSR count). The van der Waals surface area contributed by atoms with Gasteiger partial charge < -0.3 is 4.90 Å². The number of nitrogens with zero attached hydrogens (tertiary/aromatic N) is 4. The number of likely N-dealkylation sites (tertiary alicyclic amines) is 2. The zero-order chi connectivity index (χ0) is 23.6. The molecule has 4 fully saturated rings. The Balaban J connectivity index is 1.07. The Morgan fingerprint density at radius 2 is 1.59 bits per heavy atom. The molecule has 4 saturated heterocycles. The van der Waals surface area contributed by atoms with E-state index in [1.165, 1.54) is 0 Å². The van der Waals surface area contributed by atoms with Gasteiger partial charge in [-0.15, -0.1) is 0 Å². The number of piperidine rings is 2. The summed E-state index contributed by atoms with van der Waals surface area (Å²) in [5, 5.41) is 2.22. The zero-order valence-corrected chi connectivity index (χ0v) is 18.9. The van der Waals surface area contributed by atoms with Crippen LogP contribution in [0.1, 0.15) is 46.4 Å². The number of hydrogen-bond donors (Lipinski definition) is 1. The normalized spacial score (nSPS) is 29.2. The second-order valence-corrected chi connectivity index (χ2v) is 10.1. The van der Waals surface area contributed by atoms with Gasteiger partial charge in [-0.25, -0.2) is 4.39 Å². The summed E-state index contributed by atoms with van der Waals surface area (Å²) >= 11 is 0. The van der Waals surface area contributed by atoms with Crippen LogP contribution in [0.4, 0.5) is 10.1 Å². The van der Waals surface area contributed by atoms with Gasteiger partial charge in [0.2, 0.25) is 11.8 Å². The Labute approximate surface area is 196 Å². The van der Waals surface area contributed by atoms with Gasteiger partial charge >= 0.3 is 0 Å². The summed E-state index contributed by atoms with van der Waals surface area (Å²) in [5.41, 5.74) is 1.49. The van der Waals surface area contributed by atoms with Crippen LogP contribution < -0.4 is 10.2 Å². The van der Waals surface area contributed by atoms with E-state index in [0.29, 0.717) is 36.2 Å². The highest BCUT2D eigenvalue weighted by molar-refractivity contribution is 6.23. The highest BCUT2D eigenvalue weighted by atomic mass is 19.1. The molecule has 0 aromatic heterocycles. The van der Waals surface area contributed by atoms with E-state index in [0.717, 1.165) is 49.7 Å². The second-order valence-electron chi connectivity index (χ2n) is 10.1. The Morgan fingerprint density at radius 3 is 2.32 bits per heavy atom. The maximum absolute atomic E-state index is 13.7. The molecule has 5 heterocycles. The summed E-state index contributed by atoms with van der Waals surface area (Å²) in [6.07, 6.45) is 1.19. The van der Waals surface area contributed by atoms with E-state index in [-0.39, 0.29) is 18.7 Å². The minimum absolute atomic E-state index is 0.105. The number of nitrogens with one attached hydrogen (secondary N) is 1. The fraction of sp³-hybridized carbons (Fsp3) is 0.583. The summed E-state index contributed by atoms with van der Waals surface area (Å²) in [6.45, 7) is 5.19. The van der Waals surface area contributed by atoms with Crippen LogP contribution in [0.3, 0.4) is 0 Å². The number of anilines is 1. The highest BCUT2D eigenvalue weighted by Gasteiger charge is 2.46. The molecular formula is C24H28FN5O4. The number of hydrogen-bond acceptors (Lipinski definition) is 7. The predicted octanol–water partition coefficient (Wildman–Crippen LogP) is 0.395. The van der Waals surface area contributed by atoms with Gasteiger partial charge in [0.15, 0.2) is 0 Å². The lowest BCUT2D eigenvalue weighted by Crippen LogP contribution is -2.70. The fourth-order valence-electron chi connectivity index (χ4n) is 5.85. The van der Waals surface area contributed by atoms with Crippen molar-refractivity contribution in [2.24, 2.45) is 0 Å². The van der Waals surface area contributed by atoms with Crippen molar-refractivity contribution in [3.05, 3.63) is 29.3 Å². The number of alkyl halides is 1. The standard InChI is InChI=1S/C24H28FN5O4/c25-14-2-1-7-27(9-14)16-10-29(11-16)17-12-28(13-17)15-3-4-18-19(8-15)24(34)30(23(18)33)20-5-6-21(31)26-22(20)32/h3-4,8,14,16-17,20H,1-2,5-7,9-13H2,(H,26,31,32)/t14-,20?/m0/s1. The van der Waals surface area contributed by atoms with Gasteiger partial charge in [0.1, 0.15) is 12.2 Å². The molecule has 10 heteroatoms. The van der Waals surface area contributed by atoms with Crippen molar-refractivity contribution in [1.29, 1.82) is 0 Å². The molecule has 1 aromatic carbocycles. The lowest BCUT2D eigenvalue weighted by molar-refractivity contribution is -0.136. The van der Waals surface area contributed by atoms with Gasteiger partial charge in [0.25, 0.3) is 11.8 Å². The van der Waals surface area contributed by atoms with Crippen LogP contribution >= 0.6 is 0 Å². The van der Waals surface area contributed by atoms with Crippen LogP contribution in [-0.4, -0.2) is 102 Å². The summed E-state index contributed by atoms with van der Waals surface area (Å²) in [4.78, 5) is 57.5. The van der Waals surface area contributed by atoms with Gasteiger partial charge in [0, 0.05) is 56.9 Å². The van der Waals surface area contributed by atoms with Crippen LogP contribution in [-0.2, 0) is 9.59 Å². The average Bonchev–Trinajstić information content (AvgIpc) is 2.99. The maximum Gasteiger partial charge on any atom is 0.262 e. The number of carbonyl (C=O) groups excluding carboxylic acids is 4. The number of imide groups is 2. The first-order chi connectivity index (χ1) is 16.4. The van der Waals surface area contributed by atoms with E-state index in [2.05, 4.69) is 20.0 Å². The summed E-state index contributed by atoms with van der Waals surface area (Å²) < 4.78 is 13.7. The summed E-state index contributed by atoms with van der Waals surface area (Å²) in [5.74, 6) is -1.95. The number of rotatable bonds is 4. The van der Waals surface area contributed by atoms with Gasteiger partial charge in [-0.05, 0) is 44.0 Å². The van der Waals surface area contributed by atoms with Crippen molar-refractivity contribution in [3.63, 3.8) is 0 Å². The van der Waals surface area contributed by atoms with Crippen molar-refractivity contribution in [2.45, 2.75) is 50.0 Å². The van der Waals surface area contributed by atoms with Gasteiger partial charge in [-0.3, -0.25) is 39.2 Å². The molecule has 4 amide bonds. The molecule has 0 radical (unpaired) electrons. The number of benzene rings is 1. The third-order valence-electron chi connectivity index (χ3n) is 7.97. The largest absolute Gasteiger partial charge is 0.368 e. The highest BCUT2D eigenvalue weighted by Crippen LogP contribution is 2.34. The molecular weight excluding hydrogens is 441 g/mol. The molecule has 1 unspecified atom stereocenters. The van der Waals surface area contributed by atoms with Crippen LogP contribution in [0.15, 0.2) is 18.2 Å². The molecule has 2 atom stereocenters. The molecule has 1 aromatic rings. The first-order valence-electron chi connectivity index (χ1n) is 12.1. The van der Waals surface area contributed by atoms with Crippen molar-refractivity contribution >= 4 is 29.3 Å². The Hall–Kier alpha value is -2.85. The number of fused-ring (bicyclic) bond motifs is 1. The van der Waals surface area contributed by atoms with Crippen LogP contribution in [0.2, 0.25) is 0 Å².